The number of piperazine rings is 1. The summed E-state index contributed by atoms with van der Waals surface area (Å²) in [5.41, 5.74) is 5.81. The maximum absolute atomic E-state index is 12.4. The predicted octanol–water partition coefficient (Wildman–Crippen LogP) is -0.948. The summed E-state index contributed by atoms with van der Waals surface area (Å²) in [6.45, 7) is 1.83. The SMILES string of the molecule is COc1cccc(CC(=O)N2CCN(C(=O)C3NNC(=O)N3)CC2)c1. The highest BCUT2D eigenvalue weighted by molar-refractivity contribution is 5.89. The zero-order chi connectivity index (χ0) is 17.8. The number of carbonyl (C=O) groups is 3. The van der Waals surface area contributed by atoms with Crippen molar-refractivity contribution in [1.82, 2.24) is 26.0 Å². The lowest BCUT2D eigenvalue weighted by Gasteiger charge is -2.35. The Labute approximate surface area is 145 Å². The summed E-state index contributed by atoms with van der Waals surface area (Å²) in [6.07, 6.45) is -0.457. The first-order valence-electron chi connectivity index (χ1n) is 8.08. The molecule has 0 aliphatic carbocycles. The molecule has 3 rings (SSSR count). The molecule has 134 valence electrons. The number of benzene rings is 1. The normalized spacial score (nSPS) is 20.0. The Morgan fingerprint density at radius 3 is 2.56 bits per heavy atom. The van der Waals surface area contributed by atoms with Crippen LogP contribution in [0.4, 0.5) is 4.79 Å². The van der Waals surface area contributed by atoms with E-state index in [1.807, 2.05) is 24.3 Å². The Kier molecular flexibility index (Phi) is 5.03. The maximum atomic E-state index is 12.4. The van der Waals surface area contributed by atoms with E-state index in [4.69, 9.17) is 4.74 Å². The molecule has 3 N–H and O–H groups in total. The van der Waals surface area contributed by atoms with Gasteiger partial charge in [0.05, 0.1) is 13.5 Å². The molecule has 2 aliphatic heterocycles. The van der Waals surface area contributed by atoms with E-state index in [9.17, 15) is 14.4 Å². The zero-order valence-electron chi connectivity index (χ0n) is 13.9. The van der Waals surface area contributed by atoms with Gasteiger partial charge in [-0.2, -0.15) is 0 Å². The van der Waals surface area contributed by atoms with Crippen LogP contribution in [-0.2, 0) is 16.0 Å². The predicted molar refractivity (Wildman–Crippen MR) is 88.4 cm³/mol. The molecule has 1 atom stereocenters. The number of hydrogen-bond donors (Lipinski definition) is 3. The van der Waals surface area contributed by atoms with Crippen molar-refractivity contribution in [3.05, 3.63) is 29.8 Å². The molecule has 2 aliphatic rings. The van der Waals surface area contributed by atoms with Crippen LogP contribution in [0.2, 0.25) is 0 Å². The van der Waals surface area contributed by atoms with E-state index in [0.717, 1.165) is 11.3 Å². The van der Waals surface area contributed by atoms with Crippen molar-refractivity contribution >= 4 is 17.8 Å². The van der Waals surface area contributed by atoms with Gasteiger partial charge in [-0.3, -0.25) is 15.0 Å². The van der Waals surface area contributed by atoms with Crippen LogP contribution in [0.5, 0.6) is 5.75 Å². The molecule has 1 aromatic rings. The van der Waals surface area contributed by atoms with Gasteiger partial charge in [0.1, 0.15) is 5.75 Å². The first kappa shape index (κ1) is 17.0. The van der Waals surface area contributed by atoms with Crippen molar-refractivity contribution in [1.29, 1.82) is 0 Å². The van der Waals surface area contributed by atoms with E-state index in [1.165, 1.54) is 0 Å². The number of ether oxygens (including phenoxy) is 1. The molecule has 25 heavy (non-hydrogen) atoms. The Morgan fingerprint density at radius 1 is 1.20 bits per heavy atom. The van der Waals surface area contributed by atoms with Crippen molar-refractivity contribution in [3.8, 4) is 5.75 Å². The number of rotatable bonds is 4. The van der Waals surface area contributed by atoms with Crippen LogP contribution >= 0.6 is 0 Å². The lowest BCUT2D eigenvalue weighted by Crippen LogP contribution is -2.56. The number of hydrogen-bond acceptors (Lipinski definition) is 5. The Morgan fingerprint density at radius 2 is 1.92 bits per heavy atom. The van der Waals surface area contributed by atoms with Crippen LogP contribution < -0.4 is 20.9 Å². The maximum Gasteiger partial charge on any atom is 0.330 e. The van der Waals surface area contributed by atoms with Gasteiger partial charge in [0.25, 0.3) is 5.91 Å². The van der Waals surface area contributed by atoms with E-state index < -0.39 is 12.2 Å². The summed E-state index contributed by atoms with van der Waals surface area (Å²) in [7, 11) is 1.59. The van der Waals surface area contributed by atoms with Gasteiger partial charge in [-0.1, -0.05) is 12.1 Å². The highest BCUT2D eigenvalue weighted by Gasteiger charge is 2.32. The van der Waals surface area contributed by atoms with Gasteiger partial charge in [0, 0.05) is 26.2 Å². The lowest BCUT2D eigenvalue weighted by atomic mass is 10.1. The molecule has 4 amide bonds. The minimum atomic E-state index is -0.758. The molecule has 2 heterocycles. The summed E-state index contributed by atoms with van der Waals surface area (Å²) in [4.78, 5) is 39.2. The quantitative estimate of drug-likeness (QED) is 0.652. The van der Waals surface area contributed by atoms with Gasteiger partial charge in [-0.25, -0.2) is 10.2 Å². The molecular weight excluding hydrogens is 326 g/mol. The fraction of sp³-hybridized carbons (Fsp3) is 0.438. The van der Waals surface area contributed by atoms with Crippen LogP contribution in [0.25, 0.3) is 0 Å². The molecule has 0 radical (unpaired) electrons. The van der Waals surface area contributed by atoms with Gasteiger partial charge < -0.3 is 19.9 Å². The smallest absolute Gasteiger partial charge is 0.330 e. The van der Waals surface area contributed by atoms with Gasteiger partial charge >= 0.3 is 6.03 Å². The summed E-state index contributed by atoms with van der Waals surface area (Å²) < 4.78 is 5.17. The standard InChI is InChI=1S/C16H21N5O4/c1-25-12-4-2-3-11(9-12)10-13(22)20-5-7-21(8-6-20)15(23)14-17-16(24)19-18-14/h2-4,9,14,18H,5-8,10H2,1H3,(H2,17,19,24). The van der Waals surface area contributed by atoms with Crippen molar-refractivity contribution < 1.29 is 19.1 Å². The largest absolute Gasteiger partial charge is 0.497 e. The summed E-state index contributed by atoms with van der Waals surface area (Å²) in [5.74, 6) is 0.535. The second kappa shape index (κ2) is 7.39. The second-order valence-corrected chi connectivity index (χ2v) is 5.91. The van der Waals surface area contributed by atoms with E-state index in [1.54, 1.807) is 16.9 Å². The number of nitrogens with zero attached hydrogens (tertiary/aromatic N) is 2. The molecule has 9 nitrogen and oxygen atoms in total. The average molecular weight is 347 g/mol. The Bertz CT molecular complexity index is 672. The Balaban J connectivity index is 1.50. The summed E-state index contributed by atoms with van der Waals surface area (Å²) in [5, 5.41) is 2.48. The van der Waals surface area contributed by atoms with Crippen LogP contribution in [0.15, 0.2) is 24.3 Å². The highest BCUT2D eigenvalue weighted by atomic mass is 16.5. The minimum absolute atomic E-state index is 0.0225. The van der Waals surface area contributed by atoms with Gasteiger partial charge in [0.15, 0.2) is 6.17 Å². The van der Waals surface area contributed by atoms with Crippen molar-refractivity contribution in [3.63, 3.8) is 0 Å². The van der Waals surface area contributed by atoms with Crippen molar-refractivity contribution in [2.45, 2.75) is 12.6 Å². The second-order valence-electron chi connectivity index (χ2n) is 5.91. The topological polar surface area (TPSA) is 103 Å². The van der Waals surface area contributed by atoms with Gasteiger partial charge in [-0.15, -0.1) is 0 Å². The zero-order valence-corrected chi connectivity index (χ0v) is 13.9. The third-order valence-electron chi connectivity index (χ3n) is 4.29. The highest BCUT2D eigenvalue weighted by Crippen LogP contribution is 2.14. The third kappa shape index (κ3) is 4.00. The van der Waals surface area contributed by atoms with Crippen molar-refractivity contribution in [2.24, 2.45) is 0 Å². The van der Waals surface area contributed by atoms with Gasteiger partial charge in [-0.05, 0) is 17.7 Å². The molecule has 1 unspecified atom stereocenters. The van der Waals surface area contributed by atoms with Crippen LogP contribution in [0.1, 0.15) is 5.56 Å². The molecule has 0 aromatic heterocycles. The molecule has 1 aromatic carbocycles. The van der Waals surface area contributed by atoms with Crippen molar-refractivity contribution in [2.75, 3.05) is 33.3 Å². The number of carbonyl (C=O) groups excluding carboxylic acids is 3. The van der Waals surface area contributed by atoms with E-state index >= 15 is 0 Å². The third-order valence-corrected chi connectivity index (χ3v) is 4.29. The monoisotopic (exact) mass is 347 g/mol. The molecule has 0 bridgehead atoms. The van der Waals surface area contributed by atoms with E-state index in [-0.39, 0.29) is 11.8 Å². The molecular formula is C16H21N5O4. The molecule has 0 spiro atoms. The number of hydrazine groups is 1. The van der Waals surface area contributed by atoms with Crippen LogP contribution in [0, 0.1) is 0 Å². The van der Waals surface area contributed by atoms with Crippen LogP contribution in [0.3, 0.4) is 0 Å². The number of amides is 4. The number of methoxy groups -OCH3 is 1. The fourth-order valence-electron chi connectivity index (χ4n) is 2.89. The molecule has 0 saturated carbocycles. The molecule has 2 saturated heterocycles. The Hall–Kier alpha value is -2.81. The van der Waals surface area contributed by atoms with E-state index in [2.05, 4.69) is 16.2 Å². The summed E-state index contributed by atoms with van der Waals surface area (Å²) in [6, 6.07) is 7.00. The van der Waals surface area contributed by atoms with Crippen LogP contribution in [-0.4, -0.2) is 67.1 Å². The van der Waals surface area contributed by atoms with E-state index in [0.29, 0.717) is 32.6 Å². The molecule has 2 fully saturated rings. The average Bonchev–Trinajstić information content (AvgIpc) is 3.07. The molecule has 9 heteroatoms. The lowest BCUT2D eigenvalue weighted by molar-refractivity contribution is -0.140. The summed E-state index contributed by atoms with van der Waals surface area (Å²) >= 11 is 0. The van der Waals surface area contributed by atoms with Gasteiger partial charge in [0.2, 0.25) is 5.91 Å². The first-order valence-corrected chi connectivity index (χ1v) is 8.08. The number of urea groups is 1. The minimum Gasteiger partial charge on any atom is -0.497 e. The fourth-order valence-corrected chi connectivity index (χ4v) is 2.89. The first-order chi connectivity index (χ1) is 12.1. The number of nitrogens with one attached hydrogen (secondary N) is 3.